The van der Waals surface area contributed by atoms with Gasteiger partial charge in [0.05, 0.1) is 17.9 Å². The van der Waals surface area contributed by atoms with E-state index in [0.717, 1.165) is 0 Å². The number of hydrogen-bond acceptors (Lipinski definition) is 5. The minimum atomic E-state index is -1.40. The van der Waals surface area contributed by atoms with Gasteiger partial charge in [-0.25, -0.2) is 4.79 Å². The molecule has 1 saturated heterocycles. The highest BCUT2D eigenvalue weighted by Gasteiger charge is 2.56. The van der Waals surface area contributed by atoms with Crippen LogP contribution in [0, 0.1) is 0 Å². The summed E-state index contributed by atoms with van der Waals surface area (Å²) in [5.74, 6) is -1.36. The summed E-state index contributed by atoms with van der Waals surface area (Å²) in [5.41, 5.74) is 1.07. The van der Waals surface area contributed by atoms with Gasteiger partial charge in [-0.1, -0.05) is 18.2 Å². The van der Waals surface area contributed by atoms with Crippen molar-refractivity contribution in [3.63, 3.8) is 0 Å². The van der Waals surface area contributed by atoms with Crippen molar-refractivity contribution in [2.24, 2.45) is 0 Å². The van der Waals surface area contributed by atoms with Crippen LogP contribution in [0.3, 0.4) is 0 Å². The summed E-state index contributed by atoms with van der Waals surface area (Å²) in [7, 11) is -0.172. The molecule has 24 heavy (non-hydrogen) atoms. The molecular formula is C16H16N2O5S. The molecule has 1 N–H and O–H groups in total. The molecule has 7 nitrogen and oxygen atoms in total. The van der Waals surface area contributed by atoms with E-state index in [-0.39, 0.29) is 11.4 Å². The summed E-state index contributed by atoms with van der Waals surface area (Å²) in [5, 5.41) is 1.86. The van der Waals surface area contributed by atoms with Crippen molar-refractivity contribution in [3.8, 4) is 0 Å². The molecule has 3 unspecified atom stereocenters. The molecule has 3 atom stereocenters. The van der Waals surface area contributed by atoms with Crippen molar-refractivity contribution in [1.29, 1.82) is 0 Å². The first-order valence-electron chi connectivity index (χ1n) is 7.30. The van der Waals surface area contributed by atoms with E-state index in [1.807, 2.05) is 0 Å². The molecule has 126 valence electrons. The number of carbonyl (C=O) groups is 3. The van der Waals surface area contributed by atoms with Gasteiger partial charge in [0, 0.05) is 11.3 Å². The lowest BCUT2D eigenvalue weighted by Crippen LogP contribution is -2.73. The monoisotopic (exact) mass is 348 g/mol. The van der Waals surface area contributed by atoms with Crippen molar-refractivity contribution in [2.45, 2.75) is 18.3 Å². The van der Waals surface area contributed by atoms with Crippen LogP contribution in [0.5, 0.6) is 0 Å². The van der Waals surface area contributed by atoms with Crippen molar-refractivity contribution in [3.05, 3.63) is 47.2 Å². The van der Waals surface area contributed by atoms with Crippen molar-refractivity contribution < 1.29 is 23.3 Å². The third kappa shape index (κ3) is 2.52. The van der Waals surface area contributed by atoms with E-state index in [1.165, 1.54) is 12.0 Å². The largest absolute Gasteiger partial charge is 0.464 e. The molecule has 0 spiro atoms. The first-order chi connectivity index (χ1) is 11.5. The lowest BCUT2D eigenvalue weighted by Gasteiger charge is -2.49. The summed E-state index contributed by atoms with van der Waals surface area (Å²) < 4.78 is 17.1. The number of esters is 1. The highest BCUT2D eigenvalue weighted by atomic mass is 32.2. The zero-order chi connectivity index (χ0) is 17.4. The first-order valence-corrected chi connectivity index (χ1v) is 8.68. The standard InChI is InChI=1S/C16H16N2O5S/c1-9-8-24(22)15-11(14(20)18(15)12(9)16(21)23-2)17-13(19)10-6-4-3-5-7-10/h3-7,11,15H,8H2,1-2H3,(H,17,19). The molecule has 0 radical (unpaired) electrons. The lowest BCUT2D eigenvalue weighted by atomic mass is 10.0. The topological polar surface area (TPSA) is 92.8 Å². The Balaban J connectivity index is 1.83. The van der Waals surface area contributed by atoms with Crippen LogP contribution in [0.1, 0.15) is 17.3 Å². The zero-order valence-electron chi connectivity index (χ0n) is 13.1. The van der Waals surface area contributed by atoms with Crippen LogP contribution >= 0.6 is 0 Å². The van der Waals surface area contributed by atoms with Gasteiger partial charge in [0.1, 0.15) is 17.1 Å². The number of rotatable bonds is 3. The molecule has 2 aliphatic rings. The summed E-state index contributed by atoms with van der Waals surface area (Å²) in [6.45, 7) is 1.64. The molecular weight excluding hydrogens is 332 g/mol. The Morgan fingerprint density at radius 2 is 1.96 bits per heavy atom. The van der Waals surface area contributed by atoms with Gasteiger partial charge >= 0.3 is 5.97 Å². The highest BCUT2D eigenvalue weighted by Crippen LogP contribution is 2.35. The van der Waals surface area contributed by atoms with Crippen LogP contribution in [-0.4, -0.2) is 51.2 Å². The van der Waals surface area contributed by atoms with Gasteiger partial charge in [-0.2, -0.15) is 0 Å². The quantitative estimate of drug-likeness (QED) is 0.621. The summed E-state index contributed by atoms with van der Waals surface area (Å²) in [6, 6.07) is 7.54. The molecule has 1 fully saturated rings. The number of β-lactam (4-membered cyclic amide) rings is 1. The van der Waals surface area contributed by atoms with E-state index in [4.69, 9.17) is 4.74 Å². The fourth-order valence-corrected chi connectivity index (χ4v) is 4.53. The predicted molar refractivity (Wildman–Crippen MR) is 86.1 cm³/mol. The maximum Gasteiger partial charge on any atom is 0.354 e. The molecule has 2 amide bonds. The molecule has 1 aromatic carbocycles. The zero-order valence-corrected chi connectivity index (χ0v) is 14.0. The van der Waals surface area contributed by atoms with Crippen LogP contribution < -0.4 is 5.32 Å². The minimum absolute atomic E-state index is 0.123. The van der Waals surface area contributed by atoms with Crippen molar-refractivity contribution >= 4 is 28.6 Å². The van der Waals surface area contributed by atoms with Gasteiger partial charge in [-0.05, 0) is 24.6 Å². The molecule has 2 heterocycles. The van der Waals surface area contributed by atoms with Crippen LogP contribution in [0.15, 0.2) is 41.6 Å². The number of methoxy groups -OCH3 is 1. The Morgan fingerprint density at radius 1 is 1.29 bits per heavy atom. The molecule has 1 aromatic rings. The molecule has 0 bridgehead atoms. The van der Waals surface area contributed by atoms with Gasteiger partial charge in [0.15, 0.2) is 0 Å². The Hall–Kier alpha value is -2.48. The second-order valence-corrected chi connectivity index (χ2v) is 7.09. The van der Waals surface area contributed by atoms with E-state index >= 15 is 0 Å². The number of amides is 2. The first kappa shape index (κ1) is 16.4. The number of hydrogen-bond donors (Lipinski definition) is 1. The number of carbonyl (C=O) groups excluding carboxylic acids is 3. The fourth-order valence-electron chi connectivity index (χ4n) is 2.86. The van der Waals surface area contributed by atoms with E-state index < -0.39 is 40.0 Å². The van der Waals surface area contributed by atoms with Gasteiger partial charge in [0.2, 0.25) is 0 Å². The minimum Gasteiger partial charge on any atom is -0.464 e. The molecule has 0 aromatic heterocycles. The smallest absolute Gasteiger partial charge is 0.354 e. The average molecular weight is 348 g/mol. The number of benzene rings is 1. The Kier molecular flexibility index (Phi) is 4.23. The molecule has 0 saturated carbocycles. The Labute approximate surface area is 141 Å². The van der Waals surface area contributed by atoms with E-state index in [2.05, 4.69) is 5.32 Å². The maximum atomic E-state index is 12.4. The number of nitrogens with one attached hydrogen (secondary N) is 1. The summed E-state index contributed by atoms with van der Waals surface area (Å²) in [4.78, 5) is 37.7. The third-order valence-electron chi connectivity index (χ3n) is 4.02. The normalized spacial score (nSPS) is 25.7. The second-order valence-electron chi connectivity index (χ2n) is 5.56. The average Bonchev–Trinajstić information content (AvgIpc) is 2.59. The second kappa shape index (κ2) is 6.20. The summed E-state index contributed by atoms with van der Waals surface area (Å²) in [6.07, 6.45) is 0. The van der Waals surface area contributed by atoms with Gasteiger partial charge in [0.25, 0.3) is 11.8 Å². The Bertz CT molecular complexity index is 774. The molecule has 0 aliphatic carbocycles. The van der Waals surface area contributed by atoms with Gasteiger partial charge < -0.3 is 10.1 Å². The van der Waals surface area contributed by atoms with Crippen molar-refractivity contribution in [2.75, 3.05) is 12.9 Å². The predicted octanol–water partition coefficient (Wildman–Crippen LogP) is 0.163. The summed E-state index contributed by atoms with van der Waals surface area (Å²) >= 11 is 0. The van der Waals surface area contributed by atoms with Crippen LogP contribution in [0.25, 0.3) is 0 Å². The van der Waals surface area contributed by atoms with Crippen LogP contribution in [0.2, 0.25) is 0 Å². The third-order valence-corrected chi connectivity index (χ3v) is 5.76. The van der Waals surface area contributed by atoms with Gasteiger partial charge in [-0.3, -0.25) is 18.7 Å². The van der Waals surface area contributed by atoms with E-state index in [0.29, 0.717) is 11.1 Å². The Morgan fingerprint density at radius 3 is 2.58 bits per heavy atom. The SMILES string of the molecule is COC(=O)C1=C(C)CS(=O)C2C(NC(=O)c3ccccc3)C(=O)N12. The molecule has 2 aliphatic heterocycles. The van der Waals surface area contributed by atoms with Crippen LogP contribution in [0.4, 0.5) is 0 Å². The number of ether oxygens (including phenoxy) is 1. The lowest BCUT2D eigenvalue weighted by molar-refractivity contribution is -0.150. The molecule has 3 rings (SSSR count). The highest BCUT2D eigenvalue weighted by molar-refractivity contribution is 7.86. The fraction of sp³-hybridized carbons (Fsp3) is 0.312. The van der Waals surface area contributed by atoms with E-state index in [1.54, 1.807) is 37.3 Å². The number of fused-ring (bicyclic) bond motifs is 1. The van der Waals surface area contributed by atoms with Crippen LogP contribution in [-0.2, 0) is 25.1 Å². The van der Waals surface area contributed by atoms with Crippen molar-refractivity contribution in [1.82, 2.24) is 10.2 Å². The molecule has 8 heteroatoms. The maximum absolute atomic E-state index is 12.4. The van der Waals surface area contributed by atoms with Gasteiger partial charge in [-0.15, -0.1) is 0 Å². The van der Waals surface area contributed by atoms with E-state index in [9.17, 15) is 18.6 Å². The number of nitrogens with zero attached hydrogens (tertiary/aromatic N) is 1.